The lowest BCUT2D eigenvalue weighted by molar-refractivity contribution is 0.0622. The highest BCUT2D eigenvalue weighted by atomic mass is 16.5. The molecule has 0 spiro atoms. The van der Waals surface area contributed by atoms with Crippen molar-refractivity contribution < 1.29 is 9.32 Å². The molecule has 0 aliphatic carbocycles. The number of hydrogen-bond donors (Lipinski definition) is 0. The third-order valence-electron chi connectivity index (χ3n) is 4.28. The molecule has 2 aromatic rings. The van der Waals surface area contributed by atoms with Crippen molar-refractivity contribution in [1.29, 1.82) is 0 Å². The van der Waals surface area contributed by atoms with Crippen LogP contribution in [-0.4, -0.2) is 29.1 Å². The SMILES string of the molecule is Cc1onc(-c2ccccc2)c1C(=O)N1CC(C)CC(C)C1. The molecule has 22 heavy (non-hydrogen) atoms. The number of rotatable bonds is 2. The maximum atomic E-state index is 13.0. The predicted octanol–water partition coefficient (Wildman–Crippen LogP) is 3.77. The van der Waals surface area contributed by atoms with Crippen molar-refractivity contribution in [3.63, 3.8) is 0 Å². The molecule has 1 saturated heterocycles. The van der Waals surface area contributed by atoms with Crippen molar-refractivity contribution in [2.24, 2.45) is 11.8 Å². The zero-order chi connectivity index (χ0) is 15.7. The Labute approximate surface area is 131 Å². The molecule has 1 amide bonds. The molecule has 1 aliphatic rings. The van der Waals surface area contributed by atoms with Crippen LogP contribution in [0.4, 0.5) is 0 Å². The number of hydrogen-bond acceptors (Lipinski definition) is 3. The van der Waals surface area contributed by atoms with Gasteiger partial charge in [-0.25, -0.2) is 0 Å². The Balaban J connectivity index is 1.95. The lowest BCUT2D eigenvalue weighted by atomic mass is 9.91. The van der Waals surface area contributed by atoms with Gasteiger partial charge in [-0.2, -0.15) is 0 Å². The number of amides is 1. The molecule has 2 unspecified atom stereocenters. The summed E-state index contributed by atoms with van der Waals surface area (Å²) in [6, 6.07) is 9.74. The van der Waals surface area contributed by atoms with E-state index < -0.39 is 0 Å². The van der Waals surface area contributed by atoms with Crippen LogP contribution in [0, 0.1) is 18.8 Å². The molecular formula is C18H22N2O2. The average molecular weight is 298 g/mol. The molecule has 0 N–H and O–H groups in total. The second-order valence-corrected chi connectivity index (χ2v) is 6.48. The van der Waals surface area contributed by atoms with Gasteiger partial charge in [-0.3, -0.25) is 4.79 Å². The van der Waals surface area contributed by atoms with E-state index in [9.17, 15) is 4.79 Å². The normalized spacial score (nSPS) is 21.9. The molecule has 3 rings (SSSR count). The summed E-state index contributed by atoms with van der Waals surface area (Å²) in [7, 11) is 0. The standard InChI is InChI=1S/C18H22N2O2/c1-12-9-13(2)11-20(10-12)18(21)16-14(3)22-19-17(16)15-7-5-4-6-8-15/h4-8,12-13H,9-11H2,1-3H3. The molecule has 1 aromatic carbocycles. The molecule has 0 radical (unpaired) electrons. The summed E-state index contributed by atoms with van der Waals surface area (Å²) in [5.74, 6) is 1.70. The number of nitrogens with zero attached hydrogens (tertiary/aromatic N) is 2. The summed E-state index contributed by atoms with van der Waals surface area (Å²) in [5.41, 5.74) is 2.17. The third kappa shape index (κ3) is 2.78. The summed E-state index contributed by atoms with van der Waals surface area (Å²) in [6.07, 6.45) is 1.18. The van der Waals surface area contributed by atoms with Gasteiger partial charge >= 0.3 is 0 Å². The highest BCUT2D eigenvalue weighted by Crippen LogP contribution is 2.29. The second kappa shape index (κ2) is 5.95. The predicted molar refractivity (Wildman–Crippen MR) is 85.5 cm³/mol. The quantitative estimate of drug-likeness (QED) is 0.848. The highest BCUT2D eigenvalue weighted by Gasteiger charge is 2.30. The van der Waals surface area contributed by atoms with E-state index in [0.717, 1.165) is 18.7 Å². The Kier molecular flexibility index (Phi) is 4.01. The molecule has 1 fully saturated rings. The van der Waals surface area contributed by atoms with Crippen LogP contribution in [0.25, 0.3) is 11.3 Å². The first-order valence-corrected chi connectivity index (χ1v) is 7.87. The molecule has 0 bridgehead atoms. The first kappa shape index (κ1) is 14.8. The van der Waals surface area contributed by atoms with E-state index in [1.807, 2.05) is 42.2 Å². The Bertz CT molecular complexity index is 653. The van der Waals surface area contributed by atoms with E-state index in [0.29, 0.717) is 28.9 Å². The van der Waals surface area contributed by atoms with Gasteiger partial charge in [0.2, 0.25) is 0 Å². The lowest BCUT2D eigenvalue weighted by Crippen LogP contribution is -2.42. The van der Waals surface area contributed by atoms with Crippen LogP contribution < -0.4 is 0 Å². The van der Waals surface area contributed by atoms with Crippen molar-refractivity contribution in [2.75, 3.05) is 13.1 Å². The average Bonchev–Trinajstić information content (AvgIpc) is 2.88. The molecule has 2 heterocycles. The number of likely N-dealkylation sites (tertiary alicyclic amines) is 1. The van der Waals surface area contributed by atoms with E-state index in [4.69, 9.17) is 4.52 Å². The fourth-order valence-electron chi connectivity index (χ4n) is 3.40. The minimum absolute atomic E-state index is 0.0380. The van der Waals surface area contributed by atoms with E-state index in [1.54, 1.807) is 0 Å². The fourth-order valence-corrected chi connectivity index (χ4v) is 3.40. The Morgan fingerprint density at radius 1 is 1.18 bits per heavy atom. The van der Waals surface area contributed by atoms with Gasteiger partial charge in [-0.15, -0.1) is 0 Å². The maximum Gasteiger partial charge on any atom is 0.259 e. The second-order valence-electron chi connectivity index (χ2n) is 6.48. The zero-order valence-electron chi connectivity index (χ0n) is 13.4. The minimum Gasteiger partial charge on any atom is -0.360 e. The van der Waals surface area contributed by atoms with Gasteiger partial charge in [0.25, 0.3) is 5.91 Å². The van der Waals surface area contributed by atoms with Crippen molar-refractivity contribution >= 4 is 5.91 Å². The maximum absolute atomic E-state index is 13.0. The van der Waals surface area contributed by atoms with Crippen LogP contribution in [0.2, 0.25) is 0 Å². The Hall–Kier alpha value is -2.10. The van der Waals surface area contributed by atoms with Crippen LogP contribution in [0.3, 0.4) is 0 Å². The Morgan fingerprint density at radius 3 is 2.45 bits per heavy atom. The molecule has 2 atom stereocenters. The molecule has 116 valence electrons. The van der Waals surface area contributed by atoms with Gasteiger partial charge in [0.15, 0.2) is 0 Å². The van der Waals surface area contributed by atoms with Crippen LogP contribution in [0.15, 0.2) is 34.9 Å². The number of aromatic nitrogens is 1. The van der Waals surface area contributed by atoms with Crippen LogP contribution >= 0.6 is 0 Å². The molecular weight excluding hydrogens is 276 g/mol. The van der Waals surface area contributed by atoms with Crippen LogP contribution in [0.5, 0.6) is 0 Å². The van der Waals surface area contributed by atoms with Gasteiger partial charge in [0.1, 0.15) is 17.0 Å². The van der Waals surface area contributed by atoms with Gasteiger partial charge in [0, 0.05) is 18.7 Å². The number of aryl methyl sites for hydroxylation is 1. The summed E-state index contributed by atoms with van der Waals surface area (Å²) in [5, 5.41) is 4.12. The number of piperidine rings is 1. The number of carbonyl (C=O) groups excluding carboxylic acids is 1. The lowest BCUT2D eigenvalue weighted by Gasteiger charge is -2.35. The first-order chi connectivity index (χ1) is 10.6. The molecule has 0 saturated carbocycles. The monoisotopic (exact) mass is 298 g/mol. The molecule has 4 nitrogen and oxygen atoms in total. The van der Waals surface area contributed by atoms with Gasteiger partial charge in [-0.05, 0) is 25.2 Å². The summed E-state index contributed by atoms with van der Waals surface area (Å²) >= 11 is 0. The van der Waals surface area contributed by atoms with Crippen molar-refractivity contribution in [2.45, 2.75) is 27.2 Å². The summed E-state index contributed by atoms with van der Waals surface area (Å²) in [6.45, 7) is 7.83. The minimum atomic E-state index is 0.0380. The van der Waals surface area contributed by atoms with Crippen LogP contribution in [0.1, 0.15) is 36.4 Å². The Morgan fingerprint density at radius 2 is 1.82 bits per heavy atom. The van der Waals surface area contributed by atoms with Crippen molar-refractivity contribution in [3.8, 4) is 11.3 Å². The highest BCUT2D eigenvalue weighted by molar-refractivity contribution is 6.00. The molecule has 1 aromatic heterocycles. The van der Waals surface area contributed by atoms with Gasteiger partial charge in [0.05, 0.1) is 0 Å². The summed E-state index contributed by atoms with van der Waals surface area (Å²) < 4.78 is 5.32. The van der Waals surface area contributed by atoms with E-state index in [1.165, 1.54) is 6.42 Å². The smallest absolute Gasteiger partial charge is 0.259 e. The first-order valence-electron chi connectivity index (χ1n) is 7.87. The molecule has 1 aliphatic heterocycles. The van der Waals surface area contributed by atoms with E-state index in [2.05, 4.69) is 19.0 Å². The third-order valence-corrected chi connectivity index (χ3v) is 4.28. The zero-order valence-corrected chi connectivity index (χ0v) is 13.4. The van der Waals surface area contributed by atoms with Crippen LogP contribution in [-0.2, 0) is 0 Å². The van der Waals surface area contributed by atoms with E-state index >= 15 is 0 Å². The topological polar surface area (TPSA) is 46.3 Å². The number of carbonyl (C=O) groups is 1. The summed E-state index contributed by atoms with van der Waals surface area (Å²) in [4.78, 5) is 14.9. The number of benzene rings is 1. The fraction of sp³-hybridized carbons (Fsp3) is 0.444. The van der Waals surface area contributed by atoms with Crippen molar-refractivity contribution in [1.82, 2.24) is 10.1 Å². The van der Waals surface area contributed by atoms with Crippen molar-refractivity contribution in [3.05, 3.63) is 41.7 Å². The largest absolute Gasteiger partial charge is 0.360 e. The van der Waals surface area contributed by atoms with E-state index in [-0.39, 0.29) is 5.91 Å². The molecule has 4 heteroatoms. The van der Waals surface area contributed by atoms with Gasteiger partial charge < -0.3 is 9.42 Å². The van der Waals surface area contributed by atoms with Gasteiger partial charge in [-0.1, -0.05) is 49.3 Å².